The Morgan fingerprint density at radius 3 is 2.78 bits per heavy atom. The molecule has 0 radical (unpaired) electrons. The lowest BCUT2D eigenvalue weighted by Gasteiger charge is -2.17. The van der Waals surface area contributed by atoms with Crippen LogP contribution < -0.4 is 9.47 Å². The number of benzene rings is 2. The number of rotatable bonds is 5. The number of fused-ring (bicyclic) bond motifs is 1. The minimum Gasteiger partial charge on any atom is -0.454 e. The van der Waals surface area contributed by atoms with Crippen LogP contribution in [0.3, 0.4) is 0 Å². The quantitative estimate of drug-likeness (QED) is 0.851. The summed E-state index contributed by atoms with van der Waals surface area (Å²) in [6.07, 6.45) is 0.974. The van der Waals surface area contributed by atoms with Crippen molar-refractivity contribution in [3.05, 3.63) is 59.4 Å². The third kappa shape index (κ3) is 3.62. The standard InChI is InChI=1S/C18H18FNO3/c1-20(11-14-4-2-3-5-15(14)19)18(21)9-7-13-6-8-16-17(10-13)23-12-22-16/h2-6,8,10H,7,9,11-12H2,1H3. The fraction of sp³-hybridized carbons (Fsp3) is 0.278. The molecule has 0 unspecified atom stereocenters. The minimum atomic E-state index is -0.289. The van der Waals surface area contributed by atoms with Crippen LogP contribution in [-0.2, 0) is 17.8 Å². The average Bonchev–Trinajstić information content (AvgIpc) is 3.02. The van der Waals surface area contributed by atoms with Gasteiger partial charge in [0.25, 0.3) is 0 Å². The summed E-state index contributed by atoms with van der Waals surface area (Å²) >= 11 is 0. The highest BCUT2D eigenvalue weighted by Crippen LogP contribution is 2.32. The monoisotopic (exact) mass is 315 g/mol. The Morgan fingerprint density at radius 1 is 1.17 bits per heavy atom. The van der Waals surface area contributed by atoms with Crippen LogP contribution in [0.2, 0.25) is 0 Å². The maximum absolute atomic E-state index is 13.6. The molecule has 0 aliphatic carbocycles. The first-order valence-electron chi connectivity index (χ1n) is 7.49. The molecule has 2 aromatic carbocycles. The molecule has 0 aromatic heterocycles. The van der Waals surface area contributed by atoms with Gasteiger partial charge in [0.1, 0.15) is 5.82 Å². The number of hydrogen-bond donors (Lipinski definition) is 0. The topological polar surface area (TPSA) is 38.8 Å². The molecule has 23 heavy (non-hydrogen) atoms. The predicted octanol–water partition coefficient (Wildman–Crippen LogP) is 3.15. The summed E-state index contributed by atoms with van der Waals surface area (Å²) in [5.74, 6) is 1.14. The summed E-state index contributed by atoms with van der Waals surface area (Å²) in [4.78, 5) is 13.8. The molecule has 1 aliphatic heterocycles. The zero-order valence-corrected chi connectivity index (χ0v) is 12.9. The third-order valence-electron chi connectivity index (χ3n) is 3.86. The largest absolute Gasteiger partial charge is 0.454 e. The molecule has 3 rings (SSSR count). The van der Waals surface area contributed by atoms with E-state index in [9.17, 15) is 9.18 Å². The number of carbonyl (C=O) groups excluding carboxylic acids is 1. The molecule has 1 aliphatic rings. The zero-order chi connectivity index (χ0) is 16.2. The van der Waals surface area contributed by atoms with E-state index >= 15 is 0 Å². The van der Waals surface area contributed by atoms with Crippen LogP contribution in [0.5, 0.6) is 11.5 Å². The Hall–Kier alpha value is -2.56. The number of nitrogens with zero attached hydrogens (tertiary/aromatic N) is 1. The molecule has 1 heterocycles. The molecule has 0 fully saturated rings. The van der Waals surface area contributed by atoms with E-state index in [4.69, 9.17) is 9.47 Å². The number of ether oxygens (including phenoxy) is 2. The molecule has 120 valence electrons. The Balaban J connectivity index is 1.55. The number of aryl methyl sites for hydroxylation is 1. The van der Waals surface area contributed by atoms with Crippen molar-refractivity contribution in [3.8, 4) is 11.5 Å². The first kappa shape index (κ1) is 15.3. The van der Waals surface area contributed by atoms with Crippen molar-refractivity contribution in [2.75, 3.05) is 13.8 Å². The maximum Gasteiger partial charge on any atom is 0.231 e. The number of amides is 1. The van der Waals surface area contributed by atoms with Crippen LogP contribution in [0.15, 0.2) is 42.5 Å². The first-order chi connectivity index (χ1) is 11.1. The summed E-state index contributed by atoms with van der Waals surface area (Å²) in [6.45, 7) is 0.510. The summed E-state index contributed by atoms with van der Waals surface area (Å²) in [5.41, 5.74) is 1.54. The van der Waals surface area contributed by atoms with E-state index in [0.29, 0.717) is 18.4 Å². The van der Waals surface area contributed by atoms with Crippen LogP contribution in [0.25, 0.3) is 0 Å². The second-order valence-electron chi connectivity index (χ2n) is 5.53. The van der Waals surface area contributed by atoms with Gasteiger partial charge in [-0.05, 0) is 30.2 Å². The SMILES string of the molecule is CN(Cc1ccccc1F)C(=O)CCc1ccc2c(c1)OCO2. The van der Waals surface area contributed by atoms with Gasteiger partial charge in [-0.1, -0.05) is 24.3 Å². The van der Waals surface area contributed by atoms with Crippen LogP contribution in [0.4, 0.5) is 4.39 Å². The lowest BCUT2D eigenvalue weighted by Crippen LogP contribution is -2.26. The minimum absolute atomic E-state index is 0.0223. The van der Waals surface area contributed by atoms with Crippen molar-refractivity contribution in [1.29, 1.82) is 0 Å². The van der Waals surface area contributed by atoms with E-state index in [2.05, 4.69) is 0 Å². The van der Waals surface area contributed by atoms with E-state index in [1.54, 1.807) is 30.1 Å². The summed E-state index contributed by atoms with van der Waals surface area (Å²) in [5, 5.41) is 0. The van der Waals surface area contributed by atoms with E-state index in [0.717, 1.165) is 17.1 Å². The van der Waals surface area contributed by atoms with Gasteiger partial charge in [-0.15, -0.1) is 0 Å². The number of carbonyl (C=O) groups is 1. The Morgan fingerprint density at radius 2 is 1.96 bits per heavy atom. The molecule has 1 amide bonds. The highest BCUT2D eigenvalue weighted by atomic mass is 19.1. The fourth-order valence-corrected chi connectivity index (χ4v) is 2.51. The van der Waals surface area contributed by atoms with Crippen LogP contribution in [-0.4, -0.2) is 24.6 Å². The van der Waals surface area contributed by atoms with Gasteiger partial charge in [-0.2, -0.15) is 0 Å². The third-order valence-corrected chi connectivity index (χ3v) is 3.86. The van der Waals surface area contributed by atoms with Crippen molar-refractivity contribution < 1.29 is 18.7 Å². The smallest absolute Gasteiger partial charge is 0.231 e. The van der Waals surface area contributed by atoms with Crippen LogP contribution in [0, 0.1) is 5.82 Å². The first-order valence-corrected chi connectivity index (χ1v) is 7.49. The van der Waals surface area contributed by atoms with Gasteiger partial charge in [-0.3, -0.25) is 4.79 Å². The van der Waals surface area contributed by atoms with Crippen molar-refractivity contribution >= 4 is 5.91 Å². The second-order valence-corrected chi connectivity index (χ2v) is 5.53. The fourth-order valence-electron chi connectivity index (χ4n) is 2.51. The Labute approximate surface area is 134 Å². The molecule has 0 saturated heterocycles. The lowest BCUT2D eigenvalue weighted by molar-refractivity contribution is -0.130. The summed E-state index contributed by atoms with van der Waals surface area (Å²) in [6, 6.07) is 12.2. The van der Waals surface area contributed by atoms with Crippen molar-refractivity contribution in [2.24, 2.45) is 0 Å². The van der Waals surface area contributed by atoms with Gasteiger partial charge in [0, 0.05) is 25.6 Å². The molecule has 0 saturated carbocycles. The van der Waals surface area contributed by atoms with E-state index < -0.39 is 0 Å². The average molecular weight is 315 g/mol. The summed E-state index contributed by atoms with van der Waals surface area (Å²) < 4.78 is 24.2. The lowest BCUT2D eigenvalue weighted by atomic mass is 10.1. The van der Waals surface area contributed by atoms with Gasteiger partial charge in [0.15, 0.2) is 11.5 Å². The molecular formula is C18H18FNO3. The molecule has 0 spiro atoms. The Kier molecular flexibility index (Phi) is 4.46. The van der Waals surface area contributed by atoms with Crippen LogP contribution in [0.1, 0.15) is 17.5 Å². The zero-order valence-electron chi connectivity index (χ0n) is 12.9. The number of halogens is 1. The van der Waals surface area contributed by atoms with Crippen molar-refractivity contribution in [2.45, 2.75) is 19.4 Å². The number of hydrogen-bond acceptors (Lipinski definition) is 3. The van der Waals surface area contributed by atoms with Crippen LogP contribution >= 0.6 is 0 Å². The second kappa shape index (κ2) is 6.69. The molecular weight excluding hydrogens is 297 g/mol. The predicted molar refractivity (Wildman–Crippen MR) is 83.8 cm³/mol. The van der Waals surface area contributed by atoms with Gasteiger partial charge < -0.3 is 14.4 Å². The van der Waals surface area contributed by atoms with E-state index in [-0.39, 0.29) is 25.1 Å². The molecule has 0 atom stereocenters. The normalized spacial score (nSPS) is 12.3. The molecule has 4 nitrogen and oxygen atoms in total. The molecule has 2 aromatic rings. The van der Waals surface area contributed by atoms with Gasteiger partial charge >= 0.3 is 0 Å². The summed E-state index contributed by atoms with van der Waals surface area (Å²) in [7, 11) is 1.69. The van der Waals surface area contributed by atoms with E-state index in [1.807, 2.05) is 18.2 Å². The maximum atomic E-state index is 13.6. The molecule has 0 bridgehead atoms. The molecule has 5 heteroatoms. The van der Waals surface area contributed by atoms with Crippen molar-refractivity contribution in [3.63, 3.8) is 0 Å². The van der Waals surface area contributed by atoms with Gasteiger partial charge in [0.05, 0.1) is 0 Å². The molecule has 0 N–H and O–H groups in total. The van der Waals surface area contributed by atoms with Gasteiger partial charge in [-0.25, -0.2) is 4.39 Å². The highest BCUT2D eigenvalue weighted by Gasteiger charge is 2.15. The van der Waals surface area contributed by atoms with E-state index in [1.165, 1.54) is 6.07 Å². The highest BCUT2D eigenvalue weighted by molar-refractivity contribution is 5.76. The van der Waals surface area contributed by atoms with Crippen molar-refractivity contribution in [1.82, 2.24) is 4.90 Å². The van der Waals surface area contributed by atoms with Gasteiger partial charge in [0.2, 0.25) is 12.7 Å². The Bertz CT molecular complexity index is 717.